The quantitative estimate of drug-likeness (QED) is 0.705. The predicted octanol–water partition coefficient (Wildman–Crippen LogP) is 1.39. The summed E-state index contributed by atoms with van der Waals surface area (Å²) in [4.78, 5) is 23.2. The molecule has 0 saturated carbocycles. The van der Waals surface area contributed by atoms with E-state index < -0.39 is 11.9 Å². The summed E-state index contributed by atoms with van der Waals surface area (Å²) in [7, 11) is 0. The molecule has 5 heteroatoms. The molecule has 0 radical (unpaired) electrons. The Balaban J connectivity index is 2.46. The zero-order chi connectivity index (χ0) is 15.0. The van der Waals surface area contributed by atoms with E-state index in [-0.39, 0.29) is 12.3 Å². The molecule has 0 aliphatic carbocycles. The molecule has 0 heterocycles. The number of benzene rings is 1. The number of amides is 2. The summed E-state index contributed by atoms with van der Waals surface area (Å²) >= 11 is 0. The van der Waals surface area contributed by atoms with Crippen molar-refractivity contribution < 1.29 is 14.3 Å². The van der Waals surface area contributed by atoms with Crippen LogP contribution >= 0.6 is 0 Å². The average molecular weight is 278 g/mol. The zero-order valence-corrected chi connectivity index (χ0v) is 12.0. The molecule has 2 amide bonds. The predicted molar refractivity (Wildman–Crippen MR) is 76.8 cm³/mol. The molecule has 0 bridgehead atoms. The Morgan fingerprint density at radius 2 is 1.90 bits per heavy atom. The molecule has 5 nitrogen and oxygen atoms in total. The Morgan fingerprint density at radius 3 is 2.45 bits per heavy atom. The second kappa shape index (κ2) is 8.32. The molecule has 110 valence electrons. The number of nitrogens with two attached hydrogens (primary N) is 1. The first-order valence-electron chi connectivity index (χ1n) is 6.72. The van der Waals surface area contributed by atoms with E-state index in [0.29, 0.717) is 24.7 Å². The monoisotopic (exact) mass is 278 g/mol. The largest absolute Gasteiger partial charge is 0.381 e. The van der Waals surface area contributed by atoms with E-state index in [1.807, 2.05) is 19.9 Å². The van der Waals surface area contributed by atoms with Crippen LogP contribution in [0.4, 0.5) is 0 Å². The highest BCUT2D eigenvalue weighted by molar-refractivity contribution is 5.87. The van der Waals surface area contributed by atoms with Gasteiger partial charge in [-0.2, -0.15) is 0 Å². The van der Waals surface area contributed by atoms with Crippen molar-refractivity contribution in [3.8, 4) is 0 Å². The smallest absolute Gasteiger partial charge is 0.244 e. The second-order valence-corrected chi connectivity index (χ2v) is 5.03. The van der Waals surface area contributed by atoms with Gasteiger partial charge in [0.05, 0.1) is 6.61 Å². The van der Waals surface area contributed by atoms with E-state index in [1.54, 1.807) is 24.3 Å². The van der Waals surface area contributed by atoms with Crippen molar-refractivity contribution in [3.63, 3.8) is 0 Å². The first-order valence-corrected chi connectivity index (χ1v) is 6.72. The van der Waals surface area contributed by atoms with Crippen LogP contribution in [0, 0.1) is 5.92 Å². The van der Waals surface area contributed by atoms with Gasteiger partial charge in [0.1, 0.15) is 6.04 Å². The van der Waals surface area contributed by atoms with Gasteiger partial charge in [0.15, 0.2) is 0 Å². The minimum atomic E-state index is -0.797. The fraction of sp³-hybridized carbons (Fsp3) is 0.467. The van der Waals surface area contributed by atoms with Crippen LogP contribution in [0.2, 0.25) is 0 Å². The molecule has 1 rings (SSSR count). The van der Waals surface area contributed by atoms with Crippen molar-refractivity contribution in [2.24, 2.45) is 11.7 Å². The van der Waals surface area contributed by atoms with Gasteiger partial charge < -0.3 is 15.8 Å². The fourth-order valence-electron chi connectivity index (χ4n) is 1.68. The number of primary amides is 1. The molecular formula is C15H22N2O3. The second-order valence-electron chi connectivity index (χ2n) is 5.03. The number of rotatable bonds is 8. The Kier molecular flexibility index (Phi) is 6.73. The maximum absolute atomic E-state index is 11.8. The molecule has 0 unspecified atom stereocenters. The Labute approximate surface area is 119 Å². The van der Waals surface area contributed by atoms with Crippen LogP contribution in [0.1, 0.15) is 31.9 Å². The number of hydrogen-bond donors (Lipinski definition) is 2. The molecule has 20 heavy (non-hydrogen) atoms. The molecule has 0 spiro atoms. The third kappa shape index (κ3) is 5.84. The van der Waals surface area contributed by atoms with Crippen molar-refractivity contribution in [3.05, 3.63) is 35.9 Å². The van der Waals surface area contributed by atoms with Crippen molar-refractivity contribution in [1.82, 2.24) is 5.32 Å². The molecule has 1 aromatic rings. The Morgan fingerprint density at radius 1 is 1.25 bits per heavy atom. The third-order valence-corrected chi connectivity index (χ3v) is 2.65. The van der Waals surface area contributed by atoms with E-state index in [1.165, 1.54) is 0 Å². The zero-order valence-electron chi connectivity index (χ0n) is 12.0. The molecule has 0 aliphatic heterocycles. The Bertz CT molecular complexity index is 432. The van der Waals surface area contributed by atoms with Gasteiger partial charge in [-0.15, -0.1) is 0 Å². The van der Waals surface area contributed by atoms with Crippen LogP contribution in [0.3, 0.4) is 0 Å². The summed E-state index contributed by atoms with van der Waals surface area (Å²) < 4.78 is 5.34. The normalized spacial score (nSPS) is 12.2. The summed E-state index contributed by atoms with van der Waals surface area (Å²) in [5.41, 5.74) is 6.00. The van der Waals surface area contributed by atoms with Crippen molar-refractivity contribution in [2.45, 2.75) is 26.3 Å². The summed E-state index contributed by atoms with van der Waals surface area (Å²) in [6.45, 7) is 5.03. The molecule has 1 aromatic carbocycles. The minimum absolute atomic E-state index is 0.212. The van der Waals surface area contributed by atoms with Gasteiger partial charge in [-0.05, 0) is 11.5 Å². The van der Waals surface area contributed by atoms with Crippen LogP contribution in [0.25, 0.3) is 0 Å². The van der Waals surface area contributed by atoms with Crippen LogP contribution in [-0.2, 0) is 14.3 Å². The van der Waals surface area contributed by atoms with Gasteiger partial charge in [-0.25, -0.2) is 0 Å². The Hall–Kier alpha value is -1.88. The summed E-state index contributed by atoms with van der Waals surface area (Å²) in [6.07, 6.45) is 0.212. The third-order valence-electron chi connectivity index (χ3n) is 2.65. The maximum Gasteiger partial charge on any atom is 0.244 e. The number of nitrogens with one attached hydrogen (secondary N) is 1. The van der Waals surface area contributed by atoms with Crippen LogP contribution in [0.5, 0.6) is 0 Å². The first-order chi connectivity index (χ1) is 9.50. The molecule has 1 atom stereocenters. The van der Waals surface area contributed by atoms with Crippen molar-refractivity contribution >= 4 is 11.8 Å². The van der Waals surface area contributed by atoms with Crippen molar-refractivity contribution in [2.75, 3.05) is 13.2 Å². The summed E-state index contributed by atoms with van der Waals surface area (Å²) in [5, 5.41) is 2.63. The molecule has 3 N–H and O–H groups in total. The number of ether oxygens (including phenoxy) is 1. The van der Waals surface area contributed by atoms with Gasteiger partial charge >= 0.3 is 0 Å². The number of carbonyl (C=O) groups excluding carboxylic acids is 2. The average Bonchev–Trinajstić information content (AvgIpc) is 2.41. The lowest BCUT2D eigenvalue weighted by molar-refractivity contribution is -0.128. The fourth-order valence-corrected chi connectivity index (χ4v) is 1.68. The molecular weight excluding hydrogens is 256 g/mol. The van der Waals surface area contributed by atoms with Gasteiger partial charge in [-0.3, -0.25) is 9.59 Å². The molecule has 0 aliphatic rings. The lowest BCUT2D eigenvalue weighted by atomic mass is 10.1. The van der Waals surface area contributed by atoms with Gasteiger partial charge in [0.25, 0.3) is 0 Å². The van der Waals surface area contributed by atoms with E-state index in [4.69, 9.17) is 10.5 Å². The lowest BCUT2D eigenvalue weighted by Gasteiger charge is -2.16. The molecule has 0 saturated heterocycles. The minimum Gasteiger partial charge on any atom is -0.381 e. The lowest BCUT2D eigenvalue weighted by Crippen LogP contribution is -2.37. The van der Waals surface area contributed by atoms with E-state index in [0.717, 1.165) is 0 Å². The topological polar surface area (TPSA) is 81.4 Å². The molecule has 0 aromatic heterocycles. The van der Waals surface area contributed by atoms with Gasteiger partial charge in [0.2, 0.25) is 11.8 Å². The summed E-state index contributed by atoms with van der Waals surface area (Å²) in [5.74, 6) is -0.394. The standard InChI is InChI=1S/C15H22N2O3/c1-11(2)10-20-9-8-13(18)17-14(15(16)19)12-6-4-3-5-7-12/h3-7,11,14H,8-10H2,1-2H3,(H2,16,19)(H,17,18)/t14-/m1/s1. The van der Waals surface area contributed by atoms with E-state index in [2.05, 4.69) is 5.32 Å². The highest BCUT2D eigenvalue weighted by Crippen LogP contribution is 2.11. The first kappa shape index (κ1) is 16.2. The van der Waals surface area contributed by atoms with Gasteiger partial charge in [0, 0.05) is 13.0 Å². The van der Waals surface area contributed by atoms with E-state index in [9.17, 15) is 9.59 Å². The summed E-state index contributed by atoms with van der Waals surface area (Å²) in [6, 6.07) is 8.14. The van der Waals surface area contributed by atoms with Crippen LogP contribution in [0.15, 0.2) is 30.3 Å². The SMILES string of the molecule is CC(C)COCCC(=O)N[C@@H](C(N)=O)c1ccccc1. The van der Waals surface area contributed by atoms with E-state index >= 15 is 0 Å². The highest BCUT2D eigenvalue weighted by atomic mass is 16.5. The van der Waals surface area contributed by atoms with Gasteiger partial charge in [-0.1, -0.05) is 44.2 Å². The number of hydrogen-bond acceptors (Lipinski definition) is 3. The number of carbonyl (C=O) groups is 2. The van der Waals surface area contributed by atoms with Crippen molar-refractivity contribution in [1.29, 1.82) is 0 Å². The molecule has 0 fully saturated rings. The highest BCUT2D eigenvalue weighted by Gasteiger charge is 2.19. The van der Waals surface area contributed by atoms with Crippen LogP contribution < -0.4 is 11.1 Å². The van der Waals surface area contributed by atoms with Crippen LogP contribution in [-0.4, -0.2) is 25.0 Å². The maximum atomic E-state index is 11.8.